The molecule has 0 fully saturated rings. The molecule has 0 unspecified atom stereocenters. The van der Waals surface area contributed by atoms with Crippen LogP contribution in [0.5, 0.6) is 5.75 Å². The number of hydrogen-bond acceptors (Lipinski definition) is 3. The second-order valence-corrected chi connectivity index (χ2v) is 3.81. The highest BCUT2D eigenvalue weighted by Gasteiger charge is 2.10. The maximum absolute atomic E-state index is 10.9. The van der Waals surface area contributed by atoms with Crippen LogP contribution >= 0.6 is 0 Å². The Morgan fingerprint density at radius 2 is 2.11 bits per heavy atom. The fourth-order valence-corrected chi connectivity index (χ4v) is 1.63. The van der Waals surface area contributed by atoms with Gasteiger partial charge in [0.05, 0.1) is 7.11 Å². The summed E-state index contributed by atoms with van der Waals surface area (Å²) in [6.07, 6.45) is 1.45. The van der Waals surface area contributed by atoms with E-state index >= 15 is 0 Å². The number of benzene rings is 1. The summed E-state index contributed by atoms with van der Waals surface area (Å²) in [5.74, 6) is -1.71. The fourth-order valence-electron chi connectivity index (χ4n) is 1.63. The van der Waals surface area contributed by atoms with Crippen molar-refractivity contribution in [2.45, 2.75) is 19.8 Å². The molecule has 2 N–H and O–H groups in total. The molecule has 18 heavy (non-hydrogen) atoms. The minimum Gasteiger partial charge on any atom is -0.496 e. The van der Waals surface area contributed by atoms with Crippen molar-refractivity contribution in [2.24, 2.45) is 0 Å². The molecule has 0 bridgehead atoms. The zero-order valence-corrected chi connectivity index (χ0v) is 10.5. The molecule has 0 spiro atoms. The van der Waals surface area contributed by atoms with Crippen molar-refractivity contribution in [3.8, 4) is 5.75 Å². The third kappa shape index (κ3) is 3.76. The Hall–Kier alpha value is -2.04. The fraction of sp³-hybridized carbons (Fsp3) is 0.385. The molecule has 1 aromatic rings. The number of aliphatic carboxylic acids is 1. The van der Waals surface area contributed by atoms with Gasteiger partial charge in [0, 0.05) is 6.54 Å². The average molecular weight is 251 g/mol. The van der Waals surface area contributed by atoms with Gasteiger partial charge in [0.25, 0.3) is 0 Å². The van der Waals surface area contributed by atoms with Crippen molar-refractivity contribution < 1.29 is 19.4 Å². The van der Waals surface area contributed by atoms with Crippen molar-refractivity contribution in [3.05, 3.63) is 29.3 Å². The average Bonchev–Trinajstić information content (AvgIpc) is 2.38. The minimum atomic E-state index is -1.47. The first-order valence-electron chi connectivity index (χ1n) is 5.75. The molecule has 5 nitrogen and oxygen atoms in total. The second-order valence-electron chi connectivity index (χ2n) is 3.81. The van der Waals surface area contributed by atoms with E-state index in [9.17, 15) is 9.59 Å². The Labute approximate surface area is 106 Å². The second kappa shape index (κ2) is 6.64. The van der Waals surface area contributed by atoms with E-state index in [1.165, 1.54) is 5.56 Å². The van der Waals surface area contributed by atoms with Gasteiger partial charge in [-0.25, -0.2) is 4.79 Å². The van der Waals surface area contributed by atoms with Gasteiger partial charge in [-0.3, -0.25) is 4.79 Å². The highest BCUT2D eigenvalue weighted by Crippen LogP contribution is 2.20. The quantitative estimate of drug-likeness (QED) is 0.765. The van der Waals surface area contributed by atoms with Crippen LogP contribution in [0.3, 0.4) is 0 Å². The Balaban J connectivity index is 2.65. The van der Waals surface area contributed by atoms with Gasteiger partial charge in [-0.05, 0) is 30.0 Å². The van der Waals surface area contributed by atoms with Crippen LogP contribution in [0, 0.1) is 0 Å². The van der Waals surface area contributed by atoms with Gasteiger partial charge in [0.2, 0.25) is 0 Å². The largest absolute Gasteiger partial charge is 0.496 e. The van der Waals surface area contributed by atoms with Gasteiger partial charge in [-0.15, -0.1) is 0 Å². The molecule has 98 valence electrons. The van der Waals surface area contributed by atoms with Gasteiger partial charge in [0.15, 0.2) is 0 Å². The molecule has 0 saturated heterocycles. The monoisotopic (exact) mass is 251 g/mol. The van der Waals surface area contributed by atoms with Gasteiger partial charge < -0.3 is 15.2 Å². The van der Waals surface area contributed by atoms with Gasteiger partial charge in [-0.1, -0.05) is 19.1 Å². The number of aryl methyl sites for hydroxylation is 1. The number of carbonyl (C=O) groups excluding carboxylic acids is 1. The van der Waals surface area contributed by atoms with Crippen LogP contribution in [0.1, 0.15) is 18.1 Å². The predicted molar refractivity (Wildman–Crippen MR) is 66.7 cm³/mol. The summed E-state index contributed by atoms with van der Waals surface area (Å²) in [5, 5.41) is 10.8. The Morgan fingerprint density at radius 1 is 1.39 bits per heavy atom. The van der Waals surface area contributed by atoms with E-state index < -0.39 is 11.9 Å². The third-order valence-electron chi connectivity index (χ3n) is 2.63. The summed E-state index contributed by atoms with van der Waals surface area (Å²) in [5.41, 5.74) is 2.14. The van der Waals surface area contributed by atoms with Crippen molar-refractivity contribution in [2.75, 3.05) is 13.7 Å². The Bertz CT molecular complexity index is 443. The van der Waals surface area contributed by atoms with Gasteiger partial charge in [0.1, 0.15) is 5.75 Å². The molecule has 1 aromatic carbocycles. The van der Waals surface area contributed by atoms with E-state index in [-0.39, 0.29) is 6.54 Å². The maximum Gasteiger partial charge on any atom is 0.394 e. The number of carboxylic acids is 1. The lowest BCUT2D eigenvalue weighted by Gasteiger charge is -2.10. The van der Waals surface area contributed by atoms with E-state index in [1.54, 1.807) is 7.11 Å². The zero-order chi connectivity index (χ0) is 13.5. The molecule has 0 heterocycles. The molecule has 5 heteroatoms. The van der Waals surface area contributed by atoms with E-state index in [1.807, 2.05) is 18.2 Å². The standard InChI is InChI=1S/C13H17NO4/c1-3-9-4-5-11(18-2)10(8-9)6-7-14-12(15)13(16)17/h4-5,8H,3,6-7H2,1-2H3,(H,14,15)(H,16,17). The molecule has 1 rings (SSSR count). The van der Waals surface area contributed by atoms with E-state index in [0.717, 1.165) is 17.7 Å². The molecular formula is C13H17NO4. The number of carboxylic acid groups (broad SMARTS) is 1. The number of carbonyl (C=O) groups is 2. The van der Waals surface area contributed by atoms with Crippen LogP contribution in [-0.2, 0) is 22.4 Å². The molecule has 1 amide bonds. The smallest absolute Gasteiger partial charge is 0.394 e. The maximum atomic E-state index is 10.9. The van der Waals surface area contributed by atoms with E-state index in [4.69, 9.17) is 9.84 Å². The third-order valence-corrected chi connectivity index (χ3v) is 2.63. The highest BCUT2D eigenvalue weighted by molar-refractivity contribution is 6.31. The summed E-state index contributed by atoms with van der Waals surface area (Å²) < 4.78 is 5.22. The number of nitrogens with one attached hydrogen (secondary N) is 1. The first kappa shape index (κ1) is 14.0. The normalized spacial score (nSPS) is 9.89. The summed E-state index contributed by atoms with van der Waals surface area (Å²) >= 11 is 0. The summed E-state index contributed by atoms with van der Waals surface area (Å²) in [7, 11) is 1.58. The number of hydrogen-bond donors (Lipinski definition) is 2. The Kier molecular flexibility index (Phi) is 5.17. The predicted octanol–water partition coefficient (Wildman–Crippen LogP) is 1.00. The highest BCUT2D eigenvalue weighted by atomic mass is 16.5. The SMILES string of the molecule is CCc1ccc(OC)c(CCNC(=O)C(=O)O)c1. The van der Waals surface area contributed by atoms with Crippen LogP contribution in [-0.4, -0.2) is 30.6 Å². The lowest BCUT2D eigenvalue weighted by atomic mass is 10.1. The number of methoxy groups -OCH3 is 1. The molecule has 0 saturated carbocycles. The van der Waals surface area contributed by atoms with Crippen molar-refractivity contribution in [1.82, 2.24) is 5.32 Å². The lowest BCUT2D eigenvalue weighted by Crippen LogP contribution is -2.32. The summed E-state index contributed by atoms with van der Waals surface area (Å²) in [6, 6.07) is 5.87. The van der Waals surface area contributed by atoms with Crippen LogP contribution in [0.25, 0.3) is 0 Å². The van der Waals surface area contributed by atoms with Crippen LogP contribution in [0.15, 0.2) is 18.2 Å². The number of ether oxygens (including phenoxy) is 1. The zero-order valence-electron chi connectivity index (χ0n) is 10.5. The number of amides is 1. The van der Waals surface area contributed by atoms with Crippen molar-refractivity contribution in [3.63, 3.8) is 0 Å². The van der Waals surface area contributed by atoms with Crippen LogP contribution < -0.4 is 10.1 Å². The topological polar surface area (TPSA) is 75.6 Å². The molecule has 0 aromatic heterocycles. The van der Waals surface area contributed by atoms with Gasteiger partial charge >= 0.3 is 11.9 Å². The molecular weight excluding hydrogens is 234 g/mol. The van der Waals surface area contributed by atoms with Gasteiger partial charge in [-0.2, -0.15) is 0 Å². The molecule has 0 aliphatic rings. The minimum absolute atomic E-state index is 0.272. The Morgan fingerprint density at radius 3 is 2.67 bits per heavy atom. The van der Waals surface area contributed by atoms with Crippen LogP contribution in [0.4, 0.5) is 0 Å². The lowest BCUT2D eigenvalue weighted by molar-refractivity contribution is -0.150. The molecule has 0 radical (unpaired) electrons. The summed E-state index contributed by atoms with van der Waals surface area (Å²) in [4.78, 5) is 21.2. The molecule has 0 aliphatic carbocycles. The molecule has 0 aliphatic heterocycles. The van der Waals surface area contributed by atoms with Crippen LogP contribution in [0.2, 0.25) is 0 Å². The first-order chi connectivity index (χ1) is 8.58. The molecule has 0 atom stereocenters. The van der Waals surface area contributed by atoms with E-state index in [2.05, 4.69) is 12.2 Å². The number of rotatable bonds is 5. The first-order valence-corrected chi connectivity index (χ1v) is 5.75. The van der Waals surface area contributed by atoms with Crippen molar-refractivity contribution in [1.29, 1.82) is 0 Å². The van der Waals surface area contributed by atoms with Crippen molar-refractivity contribution >= 4 is 11.9 Å². The van der Waals surface area contributed by atoms with E-state index in [0.29, 0.717) is 6.42 Å². The summed E-state index contributed by atoms with van der Waals surface area (Å²) in [6.45, 7) is 2.33.